The van der Waals surface area contributed by atoms with E-state index < -0.39 is 10.0 Å². The quantitative estimate of drug-likeness (QED) is 0.366. The van der Waals surface area contributed by atoms with Crippen LogP contribution in [-0.4, -0.2) is 22.1 Å². The molecule has 0 saturated carbocycles. The molecule has 32 heavy (non-hydrogen) atoms. The van der Waals surface area contributed by atoms with Crippen LogP contribution in [0.4, 0.5) is 0 Å². The number of ether oxygens (including phenoxy) is 2. The highest BCUT2D eigenvalue weighted by molar-refractivity contribution is 9.10. The number of hydrogen-bond acceptors (Lipinski definition) is 5. The van der Waals surface area contributed by atoms with E-state index in [2.05, 4.69) is 21.2 Å². The summed E-state index contributed by atoms with van der Waals surface area (Å²) < 4.78 is 35.0. The number of nitrogens with one attached hydrogen (secondary N) is 1. The summed E-state index contributed by atoms with van der Waals surface area (Å²) >= 11 is 9.53. The van der Waals surface area contributed by atoms with E-state index in [0.717, 1.165) is 34.1 Å². The normalized spacial score (nSPS) is 11.4. The van der Waals surface area contributed by atoms with Crippen LogP contribution in [0.1, 0.15) is 16.7 Å². The van der Waals surface area contributed by atoms with Crippen molar-refractivity contribution in [1.82, 2.24) is 5.32 Å². The zero-order chi connectivity index (χ0) is 23.1. The standard InChI is InChI=1S/C23H24BrClN2O4S/c1-30-22-12-18(14-27-11-10-16-4-8-20(9-5-16)32(26,28)29)21(24)13-23(22)31-15-17-2-6-19(25)7-3-17/h2-9,12-13,27H,10-11,14-15H2,1H3,(H2,26,28,29). The number of halogens is 2. The van der Waals surface area contributed by atoms with Crippen LogP contribution in [-0.2, 0) is 29.6 Å². The van der Waals surface area contributed by atoms with Crippen LogP contribution in [0.25, 0.3) is 0 Å². The third-order valence-electron chi connectivity index (χ3n) is 4.80. The van der Waals surface area contributed by atoms with Crippen molar-refractivity contribution in [3.05, 3.63) is 86.8 Å². The number of methoxy groups -OCH3 is 1. The van der Waals surface area contributed by atoms with Crippen LogP contribution in [0.5, 0.6) is 11.5 Å². The van der Waals surface area contributed by atoms with Gasteiger partial charge in [-0.2, -0.15) is 0 Å². The average molecular weight is 540 g/mol. The fourth-order valence-electron chi connectivity index (χ4n) is 3.03. The SMILES string of the molecule is COc1cc(CNCCc2ccc(S(N)(=O)=O)cc2)c(Br)cc1OCc1ccc(Cl)cc1. The minimum absolute atomic E-state index is 0.114. The van der Waals surface area contributed by atoms with E-state index >= 15 is 0 Å². The number of nitrogens with two attached hydrogens (primary N) is 1. The molecule has 0 spiro atoms. The molecule has 3 aromatic carbocycles. The van der Waals surface area contributed by atoms with Gasteiger partial charge in [0.2, 0.25) is 10.0 Å². The summed E-state index contributed by atoms with van der Waals surface area (Å²) in [6.45, 7) is 1.75. The number of benzene rings is 3. The Morgan fingerprint density at radius 3 is 2.28 bits per heavy atom. The molecule has 6 nitrogen and oxygen atoms in total. The molecule has 0 radical (unpaired) electrons. The maximum absolute atomic E-state index is 11.3. The van der Waals surface area contributed by atoms with Gasteiger partial charge in [-0.3, -0.25) is 0 Å². The molecule has 0 aliphatic rings. The molecule has 0 atom stereocenters. The van der Waals surface area contributed by atoms with Crippen molar-refractivity contribution in [3.8, 4) is 11.5 Å². The van der Waals surface area contributed by atoms with Gasteiger partial charge in [0.25, 0.3) is 0 Å². The topological polar surface area (TPSA) is 90.6 Å². The van der Waals surface area contributed by atoms with Gasteiger partial charge in [0.05, 0.1) is 12.0 Å². The summed E-state index contributed by atoms with van der Waals surface area (Å²) in [5, 5.41) is 9.20. The Morgan fingerprint density at radius 1 is 1.00 bits per heavy atom. The minimum atomic E-state index is -3.67. The highest BCUT2D eigenvalue weighted by Gasteiger charge is 2.11. The molecule has 0 amide bonds. The van der Waals surface area contributed by atoms with Gasteiger partial charge in [-0.15, -0.1) is 0 Å². The van der Waals surface area contributed by atoms with Crippen molar-refractivity contribution in [3.63, 3.8) is 0 Å². The number of rotatable bonds is 10. The summed E-state index contributed by atoms with van der Waals surface area (Å²) in [6, 6.07) is 17.9. The smallest absolute Gasteiger partial charge is 0.238 e. The fourth-order valence-corrected chi connectivity index (χ4v) is 4.13. The Labute approximate surface area is 201 Å². The van der Waals surface area contributed by atoms with Gasteiger partial charge in [0.15, 0.2) is 11.5 Å². The summed E-state index contributed by atoms with van der Waals surface area (Å²) in [5.41, 5.74) is 3.06. The Hall–Kier alpha value is -2.10. The Morgan fingerprint density at radius 2 is 1.66 bits per heavy atom. The van der Waals surface area contributed by atoms with Gasteiger partial charge in [-0.25, -0.2) is 13.6 Å². The van der Waals surface area contributed by atoms with E-state index in [1.165, 1.54) is 12.1 Å². The van der Waals surface area contributed by atoms with Crippen LogP contribution in [0.2, 0.25) is 5.02 Å². The molecule has 0 aliphatic heterocycles. The molecule has 0 heterocycles. The molecule has 3 rings (SSSR count). The van der Waals surface area contributed by atoms with Crippen molar-refractivity contribution in [2.24, 2.45) is 5.14 Å². The monoisotopic (exact) mass is 538 g/mol. The van der Waals surface area contributed by atoms with Crippen molar-refractivity contribution in [1.29, 1.82) is 0 Å². The van der Waals surface area contributed by atoms with E-state index in [1.807, 2.05) is 36.4 Å². The van der Waals surface area contributed by atoms with Gasteiger partial charge in [0.1, 0.15) is 6.61 Å². The zero-order valence-corrected chi connectivity index (χ0v) is 20.6. The molecule has 0 unspecified atom stereocenters. The Bertz CT molecular complexity index is 1150. The molecule has 9 heteroatoms. The predicted octanol–water partition coefficient (Wildman–Crippen LogP) is 4.67. The summed E-state index contributed by atoms with van der Waals surface area (Å²) in [7, 11) is -2.05. The predicted molar refractivity (Wildman–Crippen MR) is 130 cm³/mol. The molecule has 0 aromatic heterocycles. The van der Waals surface area contributed by atoms with E-state index in [0.29, 0.717) is 29.7 Å². The second-order valence-electron chi connectivity index (χ2n) is 7.13. The van der Waals surface area contributed by atoms with Crippen molar-refractivity contribution in [2.75, 3.05) is 13.7 Å². The molecule has 0 fully saturated rings. The second-order valence-corrected chi connectivity index (χ2v) is 9.98. The molecule has 0 bridgehead atoms. The molecule has 3 aromatic rings. The molecule has 0 saturated heterocycles. The van der Waals surface area contributed by atoms with E-state index in [-0.39, 0.29) is 4.90 Å². The molecule has 170 valence electrons. The lowest BCUT2D eigenvalue weighted by atomic mass is 10.1. The first kappa shape index (κ1) is 24.5. The van der Waals surface area contributed by atoms with Crippen LogP contribution >= 0.6 is 27.5 Å². The minimum Gasteiger partial charge on any atom is -0.493 e. The molecule has 0 aliphatic carbocycles. The number of hydrogen-bond donors (Lipinski definition) is 2. The highest BCUT2D eigenvalue weighted by Crippen LogP contribution is 2.34. The highest BCUT2D eigenvalue weighted by atomic mass is 79.9. The van der Waals surface area contributed by atoms with Crippen LogP contribution in [0, 0.1) is 0 Å². The first-order valence-corrected chi connectivity index (χ1v) is 12.5. The second kappa shape index (κ2) is 11.2. The lowest BCUT2D eigenvalue weighted by Crippen LogP contribution is -2.17. The largest absolute Gasteiger partial charge is 0.493 e. The molecular weight excluding hydrogens is 516 g/mol. The van der Waals surface area contributed by atoms with Crippen LogP contribution in [0.15, 0.2) is 70.0 Å². The maximum atomic E-state index is 11.3. The molecular formula is C23H24BrClN2O4S. The van der Waals surface area contributed by atoms with E-state index in [9.17, 15) is 8.42 Å². The first-order chi connectivity index (χ1) is 15.3. The van der Waals surface area contributed by atoms with Crippen LogP contribution in [0.3, 0.4) is 0 Å². The number of primary sulfonamides is 1. The Kier molecular flexibility index (Phi) is 8.56. The first-order valence-electron chi connectivity index (χ1n) is 9.82. The summed E-state index contributed by atoms with van der Waals surface area (Å²) in [5.74, 6) is 1.30. The lowest BCUT2D eigenvalue weighted by molar-refractivity contribution is 0.284. The zero-order valence-electron chi connectivity index (χ0n) is 17.5. The maximum Gasteiger partial charge on any atom is 0.238 e. The van der Waals surface area contributed by atoms with Gasteiger partial charge in [0, 0.05) is 16.0 Å². The van der Waals surface area contributed by atoms with Crippen LogP contribution < -0.4 is 19.9 Å². The summed E-state index contributed by atoms with van der Waals surface area (Å²) in [4.78, 5) is 0.114. The average Bonchev–Trinajstić information content (AvgIpc) is 2.77. The van der Waals surface area contributed by atoms with Crippen molar-refractivity contribution >= 4 is 37.6 Å². The van der Waals surface area contributed by atoms with Crippen molar-refractivity contribution < 1.29 is 17.9 Å². The lowest BCUT2D eigenvalue weighted by Gasteiger charge is -2.15. The number of sulfonamides is 1. The molecule has 3 N–H and O–H groups in total. The van der Waals surface area contributed by atoms with Gasteiger partial charge in [-0.1, -0.05) is 51.8 Å². The summed E-state index contributed by atoms with van der Waals surface area (Å²) in [6.07, 6.45) is 0.752. The third-order valence-corrected chi connectivity index (χ3v) is 6.72. The fraction of sp³-hybridized carbons (Fsp3) is 0.217. The van der Waals surface area contributed by atoms with Gasteiger partial charge >= 0.3 is 0 Å². The van der Waals surface area contributed by atoms with Gasteiger partial charge < -0.3 is 14.8 Å². The third kappa shape index (κ3) is 6.95. The van der Waals surface area contributed by atoms with Gasteiger partial charge in [-0.05, 0) is 66.1 Å². The van der Waals surface area contributed by atoms with E-state index in [1.54, 1.807) is 19.2 Å². The van der Waals surface area contributed by atoms with Crippen molar-refractivity contribution in [2.45, 2.75) is 24.5 Å². The Balaban J connectivity index is 1.55. The van der Waals surface area contributed by atoms with E-state index in [4.69, 9.17) is 26.2 Å².